The van der Waals surface area contributed by atoms with Gasteiger partial charge in [-0.25, -0.2) is 0 Å². The van der Waals surface area contributed by atoms with Gasteiger partial charge in [0.25, 0.3) is 5.91 Å². The van der Waals surface area contributed by atoms with Gasteiger partial charge in [0.2, 0.25) is 5.91 Å². The van der Waals surface area contributed by atoms with Gasteiger partial charge in [0.15, 0.2) is 0 Å². The molecule has 27 heavy (non-hydrogen) atoms. The van der Waals surface area contributed by atoms with Crippen LogP contribution in [0.3, 0.4) is 0 Å². The maximum atomic E-state index is 13.1. The smallest absolute Gasteiger partial charge is 0.260 e. The van der Waals surface area contributed by atoms with Gasteiger partial charge < -0.3 is 5.11 Å². The molecule has 0 fully saturated rings. The van der Waals surface area contributed by atoms with Gasteiger partial charge in [-0.1, -0.05) is 24.3 Å². The molecule has 0 unspecified atom stereocenters. The standard InChI is InChI=1S/C23H25NO3/c1-12-8-14(3)16(9-13(12)2)10-18-19(25)11-15-6-5-7-17-20(15)21(18)23(27)24(4)22(17)26/h5-9,18-19,21,25H,10-11H2,1-4H3/t18-,19+,21-/m1/s1. The molecule has 0 bridgehead atoms. The van der Waals surface area contributed by atoms with Crippen molar-refractivity contribution < 1.29 is 14.7 Å². The van der Waals surface area contributed by atoms with E-state index < -0.39 is 12.0 Å². The summed E-state index contributed by atoms with van der Waals surface area (Å²) in [5.41, 5.74) is 7.16. The number of aliphatic hydroxyl groups is 1. The largest absolute Gasteiger partial charge is 0.392 e. The summed E-state index contributed by atoms with van der Waals surface area (Å²) in [5.74, 6) is -1.15. The predicted octanol–water partition coefficient (Wildman–Crippen LogP) is 3.08. The Morgan fingerprint density at radius 1 is 1.07 bits per heavy atom. The molecule has 1 aliphatic heterocycles. The van der Waals surface area contributed by atoms with Crippen molar-refractivity contribution in [3.8, 4) is 0 Å². The first-order chi connectivity index (χ1) is 12.8. The Balaban J connectivity index is 1.82. The summed E-state index contributed by atoms with van der Waals surface area (Å²) >= 11 is 0. The van der Waals surface area contributed by atoms with Crippen LogP contribution in [0.1, 0.15) is 49.7 Å². The number of hydrogen-bond donors (Lipinski definition) is 1. The average molecular weight is 363 g/mol. The van der Waals surface area contributed by atoms with Crippen LogP contribution in [0, 0.1) is 26.7 Å². The minimum atomic E-state index is -0.607. The van der Waals surface area contributed by atoms with Gasteiger partial charge in [-0.3, -0.25) is 14.5 Å². The van der Waals surface area contributed by atoms with Gasteiger partial charge in [-0.15, -0.1) is 0 Å². The summed E-state index contributed by atoms with van der Waals surface area (Å²) in [6.45, 7) is 6.26. The van der Waals surface area contributed by atoms with E-state index in [2.05, 4.69) is 32.9 Å². The van der Waals surface area contributed by atoms with Crippen LogP contribution in [0.5, 0.6) is 0 Å². The van der Waals surface area contributed by atoms with Crippen LogP contribution in [-0.4, -0.2) is 35.0 Å². The van der Waals surface area contributed by atoms with Gasteiger partial charge in [0.1, 0.15) is 0 Å². The van der Waals surface area contributed by atoms with E-state index in [9.17, 15) is 14.7 Å². The molecule has 4 nitrogen and oxygen atoms in total. The van der Waals surface area contributed by atoms with Crippen LogP contribution in [0.25, 0.3) is 0 Å². The molecule has 0 aromatic heterocycles. The van der Waals surface area contributed by atoms with Crippen LogP contribution in [0.2, 0.25) is 0 Å². The molecule has 1 heterocycles. The summed E-state index contributed by atoms with van der Waals surface area (Å²) < 4.78 is 0. The Kier molecular flexibility index (Phi) is 4.19. The van der Waals surface area contributed by atoms with Crippen molar-refractivity contribution >= 4 is 11.8 Å². The van der Waals surface area contributed by atoms with Gasteiger partial charge in [-0.05, 0) is 73.1 Å². The number of imide groups is 1. The van der Waals surface area contributed by atoms with Crippen molar-refractivity contribution in [2.75, 3.05) is 7.05 Å². The number of hydrogen-bond acceptors (Lipinski definition) is 3. The highest BCUT2D eigenvalue weighted by molar-refractivity contribution is 6.11. The molecule has 4 rings (SSSR count). The monoisotopic (exact) mass is 363 g/mol. The number of rotatable bonds is 2. The average Bonchev–Trinajstić information content (AvgIpc) is 2.63. The third-order valence-electron chi connectivity index (χ3n) is 6.40. The third kappa shape index (κ3) is 2.71. The number of benzene rings is 2. The Bertz CT molecular complexity index is 962. The second-order valence-electron chi connectivity index (χ2n) is 8.06. The first kappa shape index (κ1) is 17.9. The molecule has 2 amide bonds. The number of carbonyl (C=O) groups excluding carboxylic acids is 2. The third-order valence-corrected chi connectivity index (χ3v) is 6.40. The van der Waals surface area contributed by atoms with Crippen molar-refractivity contribution in [3.63, 3.8) is 0 Å². The zero-order valence-electron chi connectivity index (χ0n) is 16.2. The Labute approximate surface area is 159 Å². The number of aliphatic hydroxyl groups excluding tert-OH is 1. The van der Waals surface area contributed by atoms with E-state index >= 15 is 0 Å². The molecular weight excluding hydrogens is 338 g/mol. The maximum absolute atomic E-state index is 13.1. The number of amides is 2. The predicted molar refractivity (Wildman–Crippen MR) is 104 cm³/mol. The normalized spacial score (nSPS) is 24.2. The lowest BCUT2D eigenvalue weighted by Gasteiger charge is -2.42. The molecule has 2 aromatic carbocycles. The van der Waals surface area contributed by atoms with Gasteiger partial charge in [0, 0.05) is 18.5 Å². The van der Waals surface area contributed by atoms with Crippen LogP contribution < -0.4 is 0 Å². The van der Waals surface area contributed by atoms with Gasteiger partial charge >= 0.3 is 0 Å². The summed E-state index contributed by atoms with van der Waals surface area (Å²) in [5, 5.41) is 10.9. The number of nitrogens with zero attached hydrogens (tertiary/aromatic N) is 1. The second-order valence-corrected chi connectivity index (χ2v) is 8.06. The lowest BCUT2D eigenvalue weighted by molar-refractivity contribution is -0.132. The van der Waals surface area contributed by atoms with E-state index in [-0.39, 0.29) is 17.7 Å². The molecule has 1 aliphatic carbocycles. The molecule has 140 valence electrons. The molecule has 0 radical (unpaired) electrons. The second kappa shape index (κ2) is 6.31. The van der Waals surface area contributed by atoms with E-state index in [1.165, 1.54) is 21.6 Å². The zero-order valence-corrected chi connectivity index (χ0v) is 16.2. The molecule has 0 spiro atoms. The molecule has 1 N–H and O–H groups in total. The van der Waals surface area contributed by atoms with Crippen molar-refractivity contribution in [2.24, 2.45) is 5.92 Å². The zero-order chi connectivity index (χ0) is 19.5. The quantitative estimate of drug-likeness (QED) is 0.834. The van der Waals surface area contributed by atoms with E-state index in [0.29, 0.717) is 18.4 Å². The molecule has 4 heteroatoms. The number of carbonyl (C=O) groups is 2. The summed E-state index contributed by atoms with van der Waals surface area (Å²) in [6, 6.07) is 9.90. The SMILES string of the molecule is Cc1cc(C)c(C[C@@H]2[C@@H](O)Cc3cccc4c3[C@@H]2C(=O)N(C)C4=O)cc1C. The minimum absolute atomic E-state index is 0.204. The highest BCUT2D eigenvalue weighted by Crippen LogP contribution is 2.44. The molecular formula is C23H25NO3. The molecule has 3 atom stereocenters. The van der Waals surface area contributed by atoms with Crippen LogP contribution in [0.15, 0.2) is 30.3 Å². The first-order valence-electron chi connectivity index (χ1n) is 9.48. The molecule has 2 aromatic rings. The summed E-state index contributed by atoms with van der Waals surface area (Å²) in [6.07, 6.45) is 0.503. The van der Waals surface area contributed by atoms with Gasteiger partial charge in [-0.2, -0.15) is 0 Å². The van der Waals surface area contributed by atoms with Crippen molar-refractivity contribution in [2.45, 2.75) is 45.6 Å². The fourth-order valence-corrected chi connectivity index (χ4v) is 4.70. The van der Waals surface area contributed by atoms with E-state index in [4.69, 9.17) is 0 Å². The minimum Gasteiger partial charge on any atom is -0.392 e. The van der Waals surface area contributed by atoms with Crippen molar-refractivity contribution in [1.82, 2.24) is 4.90 Å². The fourth-order valence-electron chi connectivity index (χ4n) is 4.70. The lowest BCUT2D eigenvalue weighted by atomic mass is 9.67. The van der Waals surface area contributed by atoms with E-state index in [1.54, 1.807) is 13.1 Å². The van der Waals surface area contributed by atoms with E-state index in [0.717, 1.165) is 16.7 Å². The first-order valence-corrected chi connectivity index (χ1v) is 9.48. The van der Waals surface area contributed by atoms with Crippen LogP contribution in [-0.2, 0) is 17.6 Å². The van der Waals surface area contributed by atoms with Crippen molar-refractivity contribution in [3.05, 3.63) is 69.3 Å². The Morgan fingerprint density at radius 3 is 2.52 bits per heavy atom. The highest BCUT2D eigenvalue weighted by atomic mass is 16.3. The highest BCUT2D eigenvalue weighted by Gasteiger charge is 2.47. The Hall–Kier alpha value is -2.46. The molecule has 2 aliphatic rings. The van der Waals surface area contributed by atoms with Crippen LogP contribution in [0.4, 0.5) is 0 Å². The number of aryl methyl sites for hydroxylation is 3. The van der Waals surface area contributed by atoms with Crippen molar-refractivity contribution in [1.29, 1.82) is 0 Å². The fraction of sp³-hybridized carbons (Fsp3) is 0.391. The number of likely N-dealkylation sites (N-methyl/N-ethyl adjacent to an activating group) is 1. The topological polar surface area (TPSA) is 57.6 Å². The van der Waals surface area contributed by atoms with E-state index in [1.807, 2.05) is 12.1 Å². The van der Waals surface area contributed by atoms with Crippen LogP contribution >= 0.6 is 0 Å². The summed E-state index contributed by atoms with van der Waals surface area (Å²) in [7, 11) is 1.54. The lowest BCUT2D eigenvalue weighted by Crippen LogP contribution is -2.50. The summed E-state index contributed by atoms with van der Waals surface area (Å²) in [4.78, 5) is 26.9. The Morgan fingerprint density at radius 2 is 1.78 bits per heavy atom. The maximum Gasteiger partial charge on any atom is 0.260 e. The molecule has 0 saturated heterocycles. The van der Waals surface area contributed by atoms with Gasteiger partial charge in [0.05, 0.1) is 12.0 Å². The molecule has 0 saturated carbocycles.